The van der Waals surface area contributed by atoms with Crippen LogP contribution in [0.15, 0.2) is 12.7 Å². The molecule has 2 fully saturated rings. The van der Waals surface area contributed by atoms with Gasteiger partial charge in [0.2, 0.25) is 0 Å². The molecule has 12 heteroatoms. The smallest absolute Gasteiger partial charge is 0.371 e. The van der Waals surface area contributed by atoms with Crippen LogP contribution in [-0.4, -0.2) is 62.5 Å². The first kappa shape index (κ1) is 19.7. The van der Waals surface area contributed by atoms with Gasteiger partial charge < -0.3 is 19.7 Å². The molecule has 5 atom stereocenters. The third kappa shape index (κ3) is 3.66. The standard InChI is InChI=1S/C16H24N5O6P/c1-3-5-17-14-11-15(19-8-18-14)21(9-20-11)16-13(24-6-4-2)12-10(26-16)7-25-28(22,23)27-12/h8-10,12-13,16H,3-7H2,1-2H3,(H,22,23)(H,17,18,19)/t10-,12-,13-,16-/m1/s1. The molecule has 0 amide bonds. The Kier molecular flexibility index (Phi) is 5.64. The van der Waals surface area contributed by atoms with Gasteiger partial charge in [0.15, 0.2) is 23.2 Å². The molecular formula is C16H24N5O6P. The summed E-state index contributed by atoms with van der Waals surface area (Å²) in [6, 6.07) is 0. The van der Waals surface area contributed by atoms with Crippen molar-refractivity contribution in [2.24, 2.45) is 0 Å². The Labute approximate surface area is 162 Å². The molecule has 11 nitrogen and oxygen atoms in total. The Balaban J connectivity index is 1.68. The summed E-state index contributed by atoms with van der Waals surface area (Å²) in [4.78, 5) is 22.8. The molecule has 154 valence electrons. The molecule has 2 aromatic heterocycles. The highest BCUT2D eigenvalue weighted by molar-refractivity contribution is 7.47. The molecule has 2 N–H and O–H groups in total. The van der Waals surface area contributed by atoms with Crippen molar-refractivity contribution in [3.63, 3.8) is 0 Å². The highest BCUT2D eigenvalue weighted by Crippen LogP contribution is 2.53. The molecule has 0 saturated carbocycles. The topological polar surface area (TPSA) is 130 Å². The minimum atomic E-state index is -4.12. The molecule has 4 rings (SSSR count). The molecule has 2 saturated heterocycles. The first-order chi connectivity index (χ1) is 13.5. The summed E-state index contributed by atoms with van der Waals surface area (Å²) in [5, 5.41) is 3.23. The summed E-state index contributed by atoms with van der Waals surface area (Å²) in [5.74, 6) is 0.645. The zero-order valence-electron chi connectivity index (χ0n) is 15.7. The van der Waals surface area contributed by atoms with Crippen molar-refractivity contribution in [2.45, 2.75) is 51.2 Å². The monoisotopic (exact) mass is 413 g/mol. The van der Waals surface area contributed by atoms with Gasteiger partial charge in [-0.2, -0.15) is 0 Å². The number of anilines is 1. The van der Waals surface area contributed by atoms with Gasteiger partial charge in [-0.05, 0) is 12.8 Å². The number of ether oxygens (including phenoxy) is 2. The van der Waals surface area contributed by atoms with E-state index in [1.807, 2.05) is 6.92 Å². The number of hydrogen-bond acceptors (Lipinski definition) is 9. The molecule has 1 unspecified atom stereocenters. The van der Waals surface area contributed by atoms with E-state index in [0.717, 1.165) is 19.4 Å². The van der Waals surface area contributed by atoms with E-state index in [1.165, 1.54) is 6.33 Å². The van der Waals surface area contributed by atoms with E-state index in [4.69, 9.17) is 18.5 Å². The van der Waals surface area contributed by atoms with Crippen LogP contribution in [0.3, 0.4) is 0 Å². The molecule has 0 aliphatic carbocycles. The van der Waals surface area contributed by atoms with E-state index in [1.54, 1.807) is 10.9 Å². The fourth-order valence-electron chi connectivity index (χ4n) is 3.39. The van der Waals surface area contributed by atoms with Gasteiger partial charge in [-0.15, -0.1) is 0 Å². The van der Waals surface area contributed by atoms with Gasteiger partial charge in [-0.25, -0.2) is 19.5 Å². The van der Waals surface area contributed by atoms with Crippen molar-refractivity contribution < 1.29 is 28.0 Å². The summed E-state index contributed by atoms with van der Waals surface area (Å²) < 4.78 is 35.9. The lowest BCUT2D eigenvalue weighted by molar-refractivity contribution is -0.0682. The second-order valence-electron chi connectivity index (χ2n) is 6.71. The second-order valence-corrected chi connectivity index (χ2v) is 8.11. The van der Waals surface area contributed by atoms with Crippen LogP contribution in [0.4, 0.5) is 5.82 Å². The van der Waals surface area contributed by atoms with Gasteiger partial charge in [0.1, 0.15) is 24.6 Å². The lowest BCUT2D eigenvalue weighted by Gasteiger charge is -2.29. The molecule has 2 aliphatic rings. The van der Waals surface area contributed by atoms with Crippen molar-refractivity contribution in [3.05, 3.63) is 12.7 Å². The Morgan fingerprint density at radius 3 is 3.00 bits per heavy atom. The van der Waals surface area contributed by atoms with E-state index in [0.29, 0.717) is 23.6 Å². The average molecular weight is 413 g/mol. The van der Waals surface area contributed by atoms with Crippen molar-refractivity contribution >= 4 is 24.8 Å². The zero-order chi connectivity index (χ0) is 19.7. The summed E-state index contributed by atoms with van der Waals surface area (Å²) in [5.41, 5.74) is 1.20. The third-order valence-corrected chi connectivity index (χ3v) is 5.62. The molecule has 0 aromatic carbocycles. The fourth-order valence-corrected chi connectivity index (χ4v) is 4.35. The van der Waals surface area contributed by atoms with Crippen LogP contribution in [-0.2, 0) is 23.1 Å². The predicted octanol–water partition coefficient (Wildman–Crippen LogP) is 1.86. The normalized spacial score (nSPS) is 32.5. The van der Waals surface area contributed by atoms with E-state index in [-0.39, 0.29) is 6.61 Å². The number of fused-ring (bicyclic) bond motifs is 2. The second kappa shape index (κ2) is 8.02. The first-order valence-electron chi connectivity index (χ1n) is 9.38. The SMILES string of the molecule is CCCNc1ncnc2c1ncn2[C@@H]1O[C@@H]2COP(=O)(O)O[C@H]2[C@H]1OCCC. The maximum atomic E-state index is 11.9. The molecule has 0 spiro atoms. The quantitative estimate of drug-likeness (QED) is 0.649. The maximum Gasteiger partial charge on any atom is 0.472 e. The predicted molar refractivity (Wildman–Crippen MR) is 98.7 cm³/mol. The molecule has 0 bridgehead atoms. The van der Waals surface area contributed by atoms with Crippen LogP contribution in [0, 0.1) is 0 Å². The van der Waals surface area contributed by atoms with Crippen molar-refractivity contribution in [3.8, 4) is 0 Å². The Morgan fingerprint density at radius 1 is 1.36 bits per heavy atom. The summed E-state index contributed by atoms with van der Waals surface area (Å²) >= 11 is 0. The van der Waals surface area contributed by atoms with Gasteiger partial charge in [-0.1, -0.05) is 13.8 Å². The third-order valence-electron chi connectivity index (χ3n) is 4.63. The van der Waals surface area contributed by atoms with Gasteiger partial charge >= 0.3 is 7.82 Å². The zero-order valence-corrected chi connectivity index (χ0v) is 16.6. The Morgan fingerprint density at radius 2 is 2.21 bits per heavy atom. The number of phosphoric ester groups is 1. The van der Waals surface area contributed by atoms with Gasteiger partial charge in [-0.3, -0.25) is 13.6 Å². The Hall–Kier alpha value is -1.62. The Bertz CT molecular complexity index is 878. The molecule has 0 radical (unpaired) electrons. The number of hydrogen-bond donors (Lipinski definition) is 2. The van der Waals surface area contributed by atoms with E-state index < -0.39 is 32.4 Å². The molecule has 4 heterocycles. The van der Waals surface area contributed by atoms with Crippen LogP contribution in [0.2, 0.25) is 0 Å². The average Bonchev–Trinajstić information content (AvgIpc) is 3.25. The van der Waals surface area contributed by atoms with Crippen LogP contribution < -0.4 is 5.32 Å². The summed E-state index contributed by atoms with van der Waals surface area (Å²) in [7, 11) is -4.12. The molecular weight excluding hydrogens is 389 g/mol. The molecule has 2 aromatic rings. The first-order valence-corrected chi connectivity index (χ1v) is 10.9. The minimum absolute atomic E-state index is 0.0498. The minimum Gasteiger partial charge on any atom is -0.371 e. The maximum absolute atomic E-state index is 11.9. The van der Waals surface area contributed by atoms with Crippen LogP contribution in [0.1, 0.15) is 32.9 Å². The number of imidazole rings is 1. The van der Waals surface area contributed by atoms with E-state index in [9.17, 15) is 9.46 Å². The van der Waals surface area contributed by atoms with Crippen molar-refractivity contribution in [2.75, 3.05) is 25.1 Å². The van der Waals surface area contributed by atoms with Crippen molar-refractivity contribution in [1.82, 2.24) is 19.5 Å². The highest BCUT2D eigenvalue weighted by atomic mass is 31.2. The number of nitrogens with zero attached hydrogens (tertiary/aromatic N) is 4. The highest BCUT2D eigenvalue weighted by Gasteiger charge is 2.53. The largest absolute Gasteiger partial charge is 0.472 e. The fraction of sp³-hybridized carbons (Fsp3) is 0.688. The van der Waals surface area contributed by atoms with Crippen LogP contribution in [0.5, 0.6) is 0 Å². The van der Waals surface area contributed by atoms with E-state index in [2.05, 4.69) is 27.2 Å². The van der Waals surface area contributed by atoms with Crippen LogP contribution >= 0.6 is 7.82 Å². The summed E-state index contributed by atoms with van der Waals surface area (Å²) in [6.07, 6.45) is 2.33. The van der Waals surface area contributed by atoms with Crippen LogP contribution in [0.25, 0.3) is 11.2 Å². The van der Waals surface area contributed by atoms with Crippen molar-refractivity contribution in [1.29, 1.82) is 0 Å². The number of aromatic nitrogens is 4. The van der Waals surface area contributed by atoms with Gasteiger partial charge in [0.05, 0.1) is 12.9 Å². The lowest BCUT2D eigenvalue weighted by Crippen LogP contribution is -2.40. The van der Waals surface area contributed by atoms with E-state index >= 15 is 0 Å². The number of nitrogens with one attached hydrogen (secondary N) is 1. The van der Waals surface area contributed by atoms with Gasteiger partial charge in [0.25, 0.3) is 0 Å². The number of phosphoric acid groups is 1. The molecule has 28 heavy (non-hydrogen) atoms. The number of rotatable bonds is 7. The van der Waals surface area contributed by atoms with Gasteiger partial charge in [0, 0.05) is 13.2 Å². The molecule has 2 aliphatic heterocycles. The summed E-state index contributed by atoms with van der Waals surface area (Å²) in [6.45, 7) is 5.22. The lowest BCUT2D eigenvalue weighted by atomic mass is 10.1.